The summed E-state index contributed by atoms with van der Waals surface area (Å²) >= 11 is 0. The van der Waals surface area contributed by atoms with Gasteiger partial charge in [0.2, 0.25) is 5.91 Å². The Labute approximate surface area is 109 Å². The lowest BCUT2D eigenvalue weighted by molar-refractivity contribution is -0.136. The van der Waals surface area contributed by atoms with Gasteiger partial charge in [-0.3, -0.25) is 4.79 Å². The summed E-state index contributed by atoms with van der Waals surface area (Å²) in [4.78, 5) is 11.8. The molecule has 0 aromatic carbocycles. The number of hydrogen-bond donors (Lipinski definition) is 2. The molecule has 0 saturated heterocycles. The van der Waals surface area contributed by atoms with Crippen molar-refractivity contribution >= 4 is 11.6 Å². The van der Waals surface area contributed by atoms with Gasteiger partial charge in [0.05, 0.1) is 11.8 Å². The number of amides is 1. The van der Waals surface area contributed by atoms with E-state index >= 15 is 0 Å². The zero-order chi connectivity index (χ0) is 13.5. The summed E-state index contributed by atoms with van der Waals surface area (Å²) < 4.78 is 5.74. The highest BCUT2D eigenvalue weighted by atomic mass is 16.5. The maximum Gasteiger partial charge on any atom is 0.249 e. The van der Waals surface area contributed by atoms with E-state index in [1.54, 1.807) is 6.92 Å². The number of carbonyl (C=O) groups excluding carboxylic acids is 1. The quantitative estimate of drug-likeness (QED) is 0.584. The van der Waals surface area contributed by atoms with E-state index in [-0.39, 0.29) is 18.1 Å². The molecular weight excluding hydrogens is 232 g/mol. The lowest BCUT2D eigenvalue weighted by Crippen LogP contribution is -2.41. The van der Waals surface area contributed by atoms with Crippen molar-refractivity contribution in [2.45, 2.75) is 71.1 Å². The smallest absolute Gasteiger partial charge is 0.249 e. The molecule has 2 atom stereocenters. The van der Waals surface area contributed by atoms with Gasteiger partial charge in [-0.15, -0.1) is 0 Å². The third-order valence-electron chi connectivity index (χ3n) is 3.42. The SMILES string of the molecule is CCC(C)NC(=O)C(C)OC1CCC(=NO)CC1. The molecule has 1 saturated carbocycles. The second-order valence-corrected chi connectivity index (χ2v) is 4.96. The van der Waals surface area contributed by atoms with Crippen molar-refractivity contribution in [3.63, 3.8) is 0 Å². The first kappa shape index (κ1) is 15.0. The minimum atomic E-state index is -0.420. The minimum absolute atomic E-state index is 0.0500. The van der Waals surface area contributed by atoms with E-state index < -0.39 is 6.10 Å². The number of nitrogens with one attached hydrogen (secondary N) is 1. The first-order valence-electron chi connectivity index (χ1n) is 6.72. The van der Waals surface area contributed by atoms with Crippen LogP contribution in [0.5, 0.6) is 0 Å². The van der Waals surface area contributed by atoms with Crippen LogP contribution in [0.25, 0.3) is 0 Å². The van der Waals surface area contributed by atoms with Gasteiger partial charge in [0.25, 0.3) is 0 Å². The molecule has 1 rings (SSSR count). The van der Waals surface area contributed by atoms with Crippen molar-refractivity contribution in [1.82, 2.24) is 5.32 Å². The summed E-state index contributed by atoms with van der Waals surface area (Å²) in [5.74, 6) is -0.0500. The van der Waals surface area contributed by atoms with Gasteiger partial charge in [0, 0.05) is 6.04 Å². The average Bonchev–Trinajstić information content (AvgIpc) is 2.39. The summed E-state index contributed by atoms with van der Waals surface area (Å²) in [7, 11) is 0. The Kier molecular flexibility index (Phi) is 6.12. The first-order valence-corrected chi connectivity index (χ1v) is 6.72. The Morgan fingerprint density at radius 2 is 2.11 bits per heavy atom. The van der Waals surface area contributed by atoms with E-state index in [0.29, 0.717) is 0 Å². The molecule has 2 unspecified atom stereocenters. The lowest BCUT2D eigenvalue weighted by atomic mass is 9.95. The molecule has 0 heterocycles. The molecule has 2 N–H and O–H groups in total. The van der Waals surface area contributed by atoms with Gasteiger partial charge in [-0.25, -0.2) is 0 Å². The van der Waals surface area contributed by atoms with E-state index in [9.17, 15) is 4.79 Å². The maximum atomic E-state index is 11.8. The molecule has 0 aliphatic heterocycles. The van der Waals surface area contributed by atoms with Crippen LogP contribution >= 0.6 is 0 Å². The molecule has 0 radical (unpaired) electrons. The predicted octanol–water partition coefficient (Wildman–Crippen LogP) is 2.08. The van der Waals surface area contributed by atoms with E-state index in [4.69, 9.17) is 9.94 Å². The summed E-state index contributed by atoms with van der Waals surface area (Å²) in [6, 6.07) is 0.183. The Balaban J connectivity index is 2.32. The fourth-order valence-corrected chi connectivity index (χ4v) is 1.97. The van der Waals surface area contributed by atoms with Crippen molar-refractivity contribution in [3.8, 4) is 0 Å². The number of ether oxygens (including phenoxy) is 1. The van der Waals surface area contributed by atoms with Crippen molar-refractivity contribution in [1.29, 1.82) is 0 Å². The molecule has 0 aromatic heterocycles. The molecule has 1 aliphatic carbocycles. The normalized spacial score (nSPS) is 23.3. The highest BCUT2D eigenvalue weighted by Crippen LogP contribution is 2.20. The fraction of sp³-hybridized carbons (Fsp3) is 0.846. The lowest BCUT2D eigenvalue weighted by Gasteiger charge is -2.26. The van der Waals surface area contributed by atoms with Crippen LogP contribution in [0.1, 0.15) is 52.9 Å². The molecule has 1 aliphatic rings. The number of hydrogen-bond acceptors (Lipinski definition) is 4. The third-order valence-corrected chi connectivity index (χ3v) is 3.42. The van der Waals surface area contributed by atoms with Crippen LogP contribution < -0.4 is 5.32 Å². The van der Waals surface area contributed by atoms with Crippen LogP contribution in [0, 0.1) is 0 Å². The second-order valence-electron chi connectivity index (χ2n) is 4.96. The van der Waals surface area contributed by atoms with E-state index in [1.807, 2.05) is 13.8 Å². The van der Waals surface area contributed by atoms with Gasteiger partial charge < -0.3 is 15.3 Å². The molecule has 5 heteroatoms. The number of nitrogens with zero attached hydrogens (tertiary/aromatic N) is 1. The molecular formula is C13H24N2O3. The molecule has 18 heavy (non-hydrogen) atoms. The van der Waals surface area contributed by atoms with E-state index in [2.05, 4.69) is 10.5 Å². The molecule has 1 amide bonds. The third kappa shape index (κ3) is 4.64. The minimum Gasteiger partial charge on any atom is -0.411 e. The Morgan fingerprint density at radius 3 is 2.61 bits per heavy atom. The largest absolute Gasteiger partial charge is 0.411 e. The molecule has 0 bridgehead atoms. The molecule has 0 spiro atoms. The Morgan fingerprint density at radius 1 is 1.50 bits per heavy atom. The monoisotopic (exact) mass is 256 g/mol. The van der Waals surface area contributed by atoms with Gasteiger partial charge in [-0.1, -0.05) is 12.1 Å². The standard InChI is InChI=1S/C13H24N2O3/c1-4-9(2)14-13(16)10(3)18-12-7-5-11(15-17)6-8-12/h9-10,12,17H,4-8H2,1-3H3,(H,14,16). The van der Waals surface area contributed by atoms with Crippen molar-refractivity contribution < 1.29 is 14.7 Å². The van der Waals surface area contributed by atoms with Gasteiger partial charge in [0.1, 0.15) is 6.10 Å². The van der Waals surface area contributed by atoms with Crippen LogP contribution in [0.15, 0.2) is 5.16 Å². The van der Waals surface area contributed by atoms with Crippen LogP contribution in [0.4, 0.5) is 0 Å². The first-order chi connectivity index (χ1) is 8.56. The van der Waals surface area contributed by atoms with Gasteiger partial charge in [-0.05, 0) is 46.0 Å². The fourth-order valence-electron chi connectivity index (χ4n) is 1.97. The van der Waals surface area contributed by atoms with Gasteiger partial charge in [-0.2, -0.15) is 0 Å². The summed E-state index contributed by atoms with van der Waals surface area (Å²) in [5.41, 5.74) is 0.826. The topological polar surface area (TPSA) is 70.9 Å². The van der Waals surface area contributed by atoms with E-state index in [0.717, 1.165) is 37.8 Å². The van der Waals surface area contributed by atoms with Crippen molar-refractivity contribution in [2.24, 2.45) is 5.16 Å². The van der Waals surface area contributed by atoms with Gasteiger partial charge >= 0.3 is 0 Å². The summed E-state index contributed by atoms with van der Waals surface area (Å²) in [5, 5.41) is 14.8. The van der Waals surface area contributed by atoms with Crippen LogP contribution in [-0.4, -0.2) is 35.1 Å². The van der Waals surface area contributed by atoms with Crippen LogP contribution in [-0.2, 0) is 9.53 Å². The Bertz CT molecular complexity index is 295. The molecule has 0 aromatic rings. The highest BCUT2D eigenvalue weighted by Gasteiger charge is 2.23. The Hall–Kier alpha value is -1.10. The molecule has 1 fully saturated rings. The van der Waals surface area contributed by atoms with Gasteiger partial charge in [0.15, 0.2) is 0 Å². The highest BCUT2D eigenvalue weighted by molar-refractivity contribution is 5.84. The maximum absolute atomic E-state index is 11.8. The predicted molar refractivity (Wildman–Crippen MR) is 69.9 cm³/mol. The number of rotatable bonds is 5. The summed E-state index contributed by atoms with van der Waals surface area (Å²) in [6.07, 6.45) is 3.73. The number of oxime groups is 1. The second kappa shape index (κ2) is 7.36. The zero-order valence-corrected chi connectivity index (χ0v) is 11.5. The van der Waals surface area contributed by atoms with Crippen molar-refractivity contribution in [2.75, 3.05) is 0 Å². The number of carbonyl (C=O) groups is 1. The van der Waals surface area contributed by atoms with Crippen LogP contribution in [0.2, 0.25) is 0 Å². The molecule has 5 nitrogen and oxygen atoms in total. The zero-order valence-electron chi connectivity index (χ0n) is 11.5. The van der Waals surface area contributed by atoms with Crippen molar-refractivity contribution in [3.05, 3.63) is 0 Å². The average molecular weight is 256 g/mol. The molecule has 104 valence electrons. The van der Waals surface area contributed by atoms with Crippen LogP contribution in [0.3, 0.4) is 0 Å². The summed E-state index contributed by atoms with van der Waals surface area (Å²) in [6.45, 7) is 5.80. The van der Waals surface area contributed by atoms with E-state index in [1.165, 1.54) is 0 Å².